The molecule has 0 radical (unpaired) electrons. The molecule has 1 atom stereocenters. The molecule has 0 saturated carbocycles. The van der Waals surface area contributed by atoms with Gasteiger partial charge < -0.3 is 15.4 Å². The smallest absolute Gasteiger partial charge is 0.269 e. The van der Waals surface area contributed by atoms with Gasteiger partial charge in [0.15, 0.2) is 5.96 Å². The van der Waals surface area contributed by atoms with Crippen molar-refractivity contribution in [1.82, 2.24) is 15.5 Å². The quantitative estimate of drug-likeness (QED) is 0.191. The van der Waals surface area contributed by atoms with E-state index in [9.17, 15) is 10.1 Å². The van der Waals surface area contributed by atoms with Crippen LogP contribution >= 0.6 is 24.0 Å². The summed E-state index contributed by atoms with van der Waals surface area (Å²) in [5.41, 5.74) is 1.04. The number of aliphatic imine (C=N–C) groups is 1. The summed E-state index contributed by atoms with van der Waals surface area (Å²) in [4.78, 5) is 17.3. The van der Waals surface area contributed by atoms with Gasteiger partial charge in [0.25, 0.3) is 5.69 Å². The Morgan fingerprint density at radius 2 is 2.00 bits per heavy atom. The third kappa shape index (κ3) is 8.85. The number of hydrogen-bond donors (Lipinski definition) is 2. The van der Waals surface area contributed by atoms with Gasteiger partial charge >= 0.3 is 0 Å². The number of nitro benzene ring substituents is 1. The van der Waals surface area contributed by atoms with E-state index in [0.29, 0.717) is 12.6 Å². The molecule has 1 heterocycles. The molecule has 1 unspecified atom stereocenters. The molecule has 9 heteroatoms. The molecule has 0 bridgehead atoms. The highest BCUT2D eigenvalue weighted by Crippen LogP contribution is 2.12. The van der Waals surface area contributed by atoms with Crippen LogP contribution in [0.3, 0.4) is 0 Å². The van der Waals surface area contributed by atoms with Crippen molar-refractivity contribution in [1.29, 1.82) is 0 Å². The average molecular weight is 491 g/mol. The number of benzene rings is 1. The van der Waals surface area contributed by atoms with Crippen molar-refractivity contribution in [3.8, 4) is 0 Å². The number of nitrogens with zero attached hydrogens (tertiary/aromatic N) is 3. The van der Waals surface area contributed by atoms with Crippen LogP contribution in [0.4, 0.5) is 5.69 Å². The first-order valence-electron chi connectivity index (χ1n) is 9.16. The van der Waals surface area contributed by atoms with Crippen LogP contribution in [-0.4, -0.2) is 61.2 Å². The molecular formula is C18H30IN5O3. The third-order valence-electron chi connectivity index (χ3n) is 4.39. The molecule has 1 saturated heterocycles. The van der Waals surface area contributed by atoms with Crippen molar-refractivity contribution < 1.29 is 9.66 Å². The fourth-order valence-corrected chi connectivity index (χ4v) is 2.54. The van der Waals surface area contributed by atoms with Crippen LogP contribution in [0.2, 0.25) is 0 Å². The minimum Gasteiger partial charge on any atom is -0.379 e. The lowest BCUT2D eigenvalue weighted by Crippen LogP contribution is -2.46. The van der Waals surface area contributed by atoms with E-state index in [-0.39, 0.29) is 29.7 Å². The maximum Gasteiger partial charge on any atom is 0.269 e. The minimum atomic E-state index is -0.393. The first kappa shape index (κ1) is 23.6. The van der Waals surface area contributed by atoms with Gasteiger partial charge in [0, 0.05) is 44.4 Å². The second kappa shape index (κ2) is 12.8. The molecule has 1 aliphatic rings. The number of guanidine groups is 1. The van der Waals surface area contributed by atoms with E-state index in [2.05, 4.69) is 34.4 Å². The number of non-ortho nitro benzene ring substituents is 1. The lowest BCUT2D eigenvalue weighted by Gasteiger charge is -2.27. The Morgan fingerprint density at radius 1 is 1.33 bits per heavy atom. The molecule has 1 aromatic carbocycles. The van der Waals surface area contributed by atoms with Gasteiger partial charge in [-0.15, -0.1) is 24.0 Å². The highest BCUT2D eigenvalue weighted by molar-refractivity contribution is 14.0. The first-order valence-corrected chi connectivity index (χ1v) is 9.16. The van der Waals surface area contributed by atoms with Gasteiger partial charge in [-0.05, 0) is 18.9 Å². The van der Waals surface area contributed by atoms with E-state index in [1.54, 1.807) is 12.1 Å². The SMILES string of the molecule is CCC(C)NC(=NCc1ccc([N+](=O)[O-])cc1)NCCN1CCOCC1.I. The summed E-state index contributed by atoms with van der Waals surface area (Å²) < 4.78 is 5.36. The highest BCUT2D eigenvalue weighted by Gasteiger charge is 2.10. The largest absolute Gasteiger partial charge is 0.379 e. The maximum atomic E-state index is 10.7. The Labute approximate surface area is 177 Å². The lowest BCUT2D eigenvalue weighted by molar-refractivity contribution is -0.384. The molecule has 152 valence electrons. The van der Waals surface area contributed by atoms with E-state index in [1.165, 1.54) is 12.1 Å². The molecule has 1 aliphatic heterocycles. The molecule has 27 heavy (non-hydrogen) atoms. The lowest BCUT2D eigenvalue weighted by atomic mass is 10.2. The van der Waals surface area contributed by atoms with Crippen molar-refractivity contribution in [3.05, 3.63) is 39.9 Å². The predicted molar refractivity (Wildman–Crippen MR) is 118 cm³/mol. The van der Waals surface area contributed by atoms with E-state index in [0.717, 1.165) is 57.3 Å². The summed E-state index contributed by atoms with van der Waals surface area (Å²) in [7, 11) is 0. The Balaban J connectivity index is 0.00000364. The number of halogens is 1. The number of hydrogen-bond acceptors (Lipinski definition) is 5. The molecule has 2 rings (SSSR count). The summed E-state index contributed by atoms with van der Waals surface area (Å²) in [5, 5.41) is 17.5. The Kier molecular flexibility index (Phi) is 11.2. The number of rotatable bonds is 8. The topological polar surface area (TPSA) is 92.0 Å². The minimum absolute atomic E-state index is 0. The van der Waals surface area contributed by atoms with Gasteiger partial charge in [0.1, 0.15) is 0 Å². The Bertz CT molecular complexity index is 591. The van der Waals surface area contributed by atoms with Crippen LogP contribution < -0.4 is 10.6 Å². The van der Waals surface area contributed by atoms with Crippen LogP contribution in [0.25, 0.3) is 0 Å². The van der Waals surface area contributed by atoms with Crippen LogP contribution in [-0.2, 0) is 11.3 Å². The fourth-order valence-electron chi connectivity index (χ4n) is 2.54. The summed E-state index contributed by atoms with van der Waals surface area (Å²) >= 11 is 0. The molecule has 8 nitrogen and oxygen atoms in total. The Hall–Kier alpha value is -1.46. The summed E-state index contributed by atoms with van der Waals surface area (Å²) in [6, 6.07) is 6.84. The number of ether oxygens (including phenoxy) is 1. The number of nitro groups is 1. The zero-order valence-electron chi connectivity index (χ0n) is 16.0. The normalized spacial score (nSPS) is 16.3. The van der Waals surface area contributed by atoms with Crippen LogP contribution in [0, 0.1) is 10.1 Å². The second-order valence-electron chi connectivity index (χ2n) is 6.42. The highest BCUT2D eigenvalue weighted by atomic mass is 127. The fraction of sp³-hybridized carbons (Fsp3) is 0.611. The molecule has 0 spiro atoms. The molecule has 1 fully saturated rings. The monoisotopic (exact) mass is 491 g/mol. The van der Waals surface area contributed by atoms with Crippen molar-refractivity contribution in [3.63, 3.8) is 0 Å². The predicted octanol–water partition coefficient (Wildman–Crippen LogP) is 2.38. The maximum absolute atomic E-state index is 10.7. The summed E-state index contributed by atoms with van der Waals surface area (Å²) in [5.74, 6) is 0.769. The van der Waals surface area contributed by atoms with Crippen molar-refractivity contribution in [2.45, 2.75) is 32.9 Å². The van der Waals surface area contributed by atoms with E-state index in [1.807, 2.05) is 0 Å². The zero-order valence-corrected chi connectivity index (χ0v) is 18.3. The standard InChI is InChI=1S/C18H29N5O3.HI/c1-3-15(2)21-18(19-8-9-22-10-12-26-13-11-22)20-14-16-4-6-17(7-5-16)23(24)25;/h4-7,15H,3,8-14H2,1-2H3,(H2,19,20,21);1H. The van der Waals surface area contributed by atoms with Gasteiger partial charge in [0.2, 0.25) is 0 Å². The molecular weight excluding hydrogens is 461 g/mol. The zero-order chi connectivity index (χ0) is 18.8. The summed E-state index contributed by atoms with van der Waals surface area (Å²) in [6.07, 6.45) is 1.00. The summed E-state index contributed by atoms with van der Waals surface area (Å²) in [6.45, 7) is 10.0. The van der Waals surface area contributed by atoms with Crippen LogP contribution in [0.1, 0.15) is 25.8 Å². The molecule has 2 N–H and O–H groups in total. The van der Waals surface area contributed by atoms with E-state index < -0.39 is 4.92 Å². The Morgan fingerprint density at radius 3 is 2.59 bits per heavy atom. The average Bonchev–Trinajstić information content (AvgIpc) is 2.67. The molecule has 0 aliphatic carbocycles. The van der Waals surface area contributed by atoms with Gasteiger partial charge in [-0.3, -0.25) is 15.0 Å². The van der Waals surface area contributed by atoms with E-state index in [4.69, 9.17) is 4.74 Å². The van der Waals surface area contributed by atoms with Crippen molar-refractivity contribution >= 4 is 35.6 Å². The van der Waals surface area contributed by atoms with Crippen LogP contribution in [0.5, 0.6) is 0 Å². The first-order chi connectivity index (χ1) is 12.6. The molecule has 1 aromatic rings. The molecule has 0 amide bonds. The molecule has 0 aromatic heterocycles. The van der Waals surface area contributed by atoms with Gasteiger partial charge in [-0.1, -0.05) is 19.1 Å². The van der Waals surface area contributed by atoms with Gasteiger partial charge in [-0.2, -0.15) is 0 Å². The van der Waals surface area contributed by atoms with Gasteiger partial charge in [-0.25, -0.2) is 4.99 Å². The third-order valence-corrected chi connectivity index (χ3v) is 4.39. The van der Waals surface area contributed by atoms with Crippen LogP contribution in [0.15, 0.2) is 29.3 Å². The van der Waals surface area contributed by atoms with E-state index >= 15 is 0 Å². The number of nitrogens with one attached hydrogen (secondary N) is 2. The van der Waals surface area contributed by atoms with Crippen molar-refractivity contribution in [2.24, 2.45) is 4.99 Å². The van der Waals surface area contributed by atoms with Crippen molar-refractivity contribution in [2.75, 3.05) is 39.4 Å². The number of morpholine rings is 1. The van der Waals surface area contributed by atoms with Gasteiger partial charge in [0.05, 0.1) is 24.7 Å². The second-order valence-corrected chi connectivity index (χ2v) is 6.42.